The van der Waals surface area contributed by atoms with E-state index >= 15 is 0 Å². The zero-order valence-corrected chi connectivity index (χ0v) is 10.9. The van der Waals surface area contributed by atoms with Crippen LogP contribution in [0.1, 0.15) is 5.82 Å². The van der Waals surface area contributed by atoms with Crippen molar-refractivity contribution in [3.8, 4) is 0 Å². The van der Waals surface area contributed by atoms with Gasteiger partial charge in [-0.2, -0.15) is 0 Å². The summed E-state index contributed by atoms with van der Waals surface area (Å²) in [6.07, 6.45) is -0.606. The van der Waals surface area contributed by atoms with Crippen molar-refractivity contribution in [2.45, 2.75) is 12.7 Å². The van der Waals surface area contributed by atoms with Crippen LogP contribution in [-0.4, -0.2) is 39.5 Å². The molecule has 0 amide bonds. The highest BCUT2D eigenvalue weighted by atomic mass is 35.5. The van der Waals surface area contributed by atoms with Crippen molar-refractivity contribution in [1.29, 1.82) is 0 Å². The molecule has 0 bridgehead atoms. The number of imidazole rings is 1. The van der Waals surface area contributed by atoms with Crippen LogP contribution in [0.15, 0.2) is 12.1 Å². The molecule has 0 saturated carbocycles. The number of aliphatic hydroxyl groups is 2. The summed E-state index contributed by atoms with van der Waals surface area (Å²) in [5, 5.41) is 18.6. The number of nitrogens with zero attached hydrogens (tertiary/aromatic N) is 1. The lowest BCUT2D eigenvalue weighted by Crippen LogP contribution is -2.21. The maximum atomic E-state index is 8.87. The maximum absolute atomic E-state index is 8.87. The second kappa shape index (κ2) is 5.86. The molecular formula is C11H12Cl2N2O3. The third kappa shape index (κ3) is 2.93. The minimum atomic E-state index is -0.606. The molecule has 0 aliphatic carbocycles. The van der Waals surface area contributed by atoms with Gasteiger partial charge < -0.3 is 19.9 Å². The van der Waals surface area contributed by atoms with Crippen molar-refractivity contribution in [2.24, 2.45) is 0 Å². The first kappa shape index (κ1) is 13.6. The van der Waals surface area contributed by atoms with Gasteiger partial charge in [0.25, 0.3) is 0 Å². The van der Waals surface area contributed by atoms with Gasteiger partial charge >= 0.3 is 0 Å². The number of H-pyrrole nitrogens is 1. The molecule has 1 aromatic carbocycles. The second-order valence-corrected chi connectivity index (χ2v) is 4.58. The topological polar surface area (TPSA) is 78.4 Å². The lowest BCUT2D eigenvalue weighted by atomic mass is 10.3. The fourth-order valence-corrected chi connectivity index (χ4v) is 1.81. The van der Waals surface area contributed by atoms with Gasteiger partial charge in [-0.1, -0.05) is 23.2 Å². The lowest BCUT2D eigenvalue weighted by Gasteiger charge is -2.10. The van der Waals surface area contributed by atoms with Gasteiger partial charge in [-0.15, -0.1) is 0 Å². The highest BCUT2D eigenvalue weighted by molar-refractivity contribution is 6.42. The van der Waals surface area contributed by atoms with Crippen LogP contribution in [0.2, 0.25) is 10.0 Å². The van der Waals surface area contributed by atoms with E-state index in [1.807, 2.05) is 0 Å². The largest absolute Gasteiger partial charge is 0.394 e. The SMILES string of the molecule is OCC(CO)OCc1nc2cc(Cl)c(Cl)cc2[nH]1. The smallest absolute Gasteiger partial charge is 0.133 e. The fourth-order valence-electron chi connectivity index (χ4n) is 1.49. The monoisotopic (exact) mass is 290 g/mol. The summed E-state index contributed by atoms with van der Waals surface area (Å²) >= 11 is 11.8. The molecule has 18 heavy (non-hydrogen) atoms. The molecule has 0 unspecified atom stereocenters. The third-order valence-corrected chi connectivity index (χ3v) is 3.16. The molecule has 0 spiro atoms. The number of fused-ring (bicyclic) bond motifs is 1. The van der Waals surface area contributed by atoms with Crippen LogP contribution in [0.5, 0.6) is 0 Å². The van der Waals surface area contributed by atoms with Crippen molar-refractivity contribution in [3.63, 3.8) is 0 Å². The van der Waals surface area contributed by atoms with E-state index < -0.39 is 6.10 Å². The van der Waals surface area contributed by atoms with Gasteiger partial charge in [0, 0.05) is 0 Å². The Morgan fingerprint density at radius 3 is 2.56 bits per heavy atom. The van der Waals surface area contributed by atoms with Crippen LogP contribution in [0.4, 0.5) is 0 Å². The van der Waals surface area contributed by atoms with Crippen LogP contribution in [0.25, 0.3) is 11.0 Å². The molecule has 7 heteroatoms. The van der Waals surface area contributed by atoms with E-state index in [1.165, 1.54) is 0 Å². The Kier molecular flexibility index (Phi) is 4.42. The van der Waals surface area contributed by atoms with Gasteiger partial charge in [-0.25, -0.2) is 4.98 Å². The Hall–Kier alpha value is -0.850. The quantitative estimate of drug-likeness (QED) is 0.784. The summed E-state index contributed by atoms with van der Waals surface area (Å²) in [4.78, 5) is 7.29. The predicted octanol–water partition coefficient (Wildman–Crippen LogP) is 1.74. The molecule has 2 aromatic rings. The van der Waals surface area contributed by atoms with E-state index in [2.05, 4.69) is 9.97 Å². The molecular weight excluding hydrogens is 279 g/mol. The van der Waals surface area contributed by atoms with E-state index in [4.69, 9.17) is 38.2 Å². The summed E-state index contributed by atoms with van der Waals surface area (Å²) in [7, 11) is 0. The minimum absolute atomic E-state index is 0.162. The maximum Gasteiger partial charge on any atom is 0.133 e. The second-order valence-electron chi connectivity index (χ2n) is 3.77. The van der Waals surface area contributed by atoms with Crippen LogP contribution in [-0.2, 0) is 11.3 Å². The molecule has 0 radical (unpaired) electrons. The summed E-state index contributed by atoms with van der Waals surface area (Å²) < 4.78 is 5.26. The van der Waals surface area contributed by atoms with E-state index in [0.29, 0.717) is 21.4 Å². The van der Waals surface area contributed by atoms with Crippen LogP contribution in [0.3, 0.4) is 0 Å². The Balaban J connectivity index is 2.15. The van der Waals surface area contributed by atoms with Crippen molar-refractivity contribution < 1.29 is 14.9 Å². The predicted molar refractivity (Wildman–Crippen MR) is 68.9 cm³/mol. The molecule has 5 nitrogen and oxygen atoms in total. The fraction of sp³-hybridized carbons (Fsp3) is 0.364. The molecule has 0 aliphatic heterocycles. The first-order valence-electron chi connectivity index (χ1n) is 5.31. The summed E-state index contributed by atoms with van der Waals surface area (Å²) in [5.74, 6) is 0.579. The summed E-state index contributed by atoms with van der Waals surface area (Å²) in [6, 6.07) is 3.35. The van der Waals surface area contributed by atoms with E-state index in [0.717, 1.165) is 5.52 Å². The summed E-state index contributed by atoms with van der Waals surface area (Å²) in [6.45, 7) is -0.321. The number of benzene rings is 1. The van der Waals surface area contributed by atoms with Crippen LogP contribution >= 0.6 is 23.2 Å². The first-order chi connectivity index (χ1) is 8.63. The van der Waals surface area contributed by atoms with Gasteiger partial charge in [0.1, 0.15) is 18.5 Å². The van der Waals surface area contributed by atoms with E-state index in [-0.39, 0.29) is 19.8 Å². The van der Waals surface area contributed by atoms with Gasteiger partial charge in [0.15, 0.2) is 0 Å². The van der Waals surface area contributed by atoms with E-state index in [9.17, 15) is 0 Å². The summed E-state index contributed by atoms with van der Waals surface area (Å²) in [5.41, 5.74) is 1.44. The third-order valence-electron chi connectivity index (χ3n) is 2.44. The Bertz CT molecular complexity index is 501. The minimum Gasteiger partial charge on any atom is -0.394 e. The number of ether oxygens (including phenoxy) is 1. The van der Waals surface area contributed by atoms with Gasteiger partial charge in [-0.05, 0) is 12.1 Å². The molecule has 3 N–H and O–H groups in total. The highest BCUT2D eigenvalue weighted by Gasteiger charge is 2.10. The standard InChI is InChI=1S/C11H12Cl2N2O3/c12-7-1-9-10(2-8(7)13)15-11(14-9)5-18-6(3-16)4-17/h1-2,6,16-17H,3-5H2,(H,14,15). The Morgan fingerprint density at radius 2 is 1.89 bits per heavy atom. The van der Waals surface area contributed by atoms with Gasteiger partial charge in [0.05, 0.1) is 34.3 Å². The number of hydrogen-bond acceptors (Lipinski definition) is 4. The Labute approximate surface area is 113 Å². The number of rotatable bonds is 5. The number of halogens is 2. The van der Waals surface area contributed by atoms with Crippen LogP contribution < -0.4 is 0 Å². The average Bonchev–Trinajstić information content (AvgIpc) is 2.73. The lowest BCUT2D eigenvalue weighted by molar-refractivity contribution is -0.0304. The van der Waals surface area contributed by atoms with Gasteiger partial charge in [0.2, 0.25) is 0 Å². The zero-order valence-electron chi connectivity index (χ0n) is 9.36. The molecule has 0 fully saturated rings. The number of aromatic amines is 1. The molecule has 0 aliphatic rings. The molecule has 0 saturated heterocycles. The van der Waals surface area contributed by atoms with Crippen molar-refractivity contribution in [3.05, 3.63) is 28.0 Å². The normalized spacial score (nSPS) is 11.6. The average molecular weight is 291 g/mol. The van der Waals surface area contributed by atoms with Crippen molar-refractivity contribution in [2.75, 3.05) is 13.2 Å². The van der Waals surface area contributed by atoms with Crippen LogP contribution in [0, 0.1) is 0 Å². The Morgan fingerprint density at radius 1 is 1.22 bits per heavy atom. The van der Waals surface area contributed by atoms with Crippen molar-refractivity contribution in [1.82, 2.24) is 9.97 Å². The van der Waals surface area contributed by atoms with Gasteiger partial charge in [-0.3, -0.25) is 0 Å². The molecule has 1 aromatic heterocycles. The number of hydrogen-bond donors (Lipinski definition) is 3. The first-order valence-corrected chi connectivity index (χ1v) is 6.06. The molecule has 0 atom stereocenters. The van der Waals surface area contributed by atoms with Crippen molar-refractivity contribution >= 4 is 34.2 Å². The number of aliphatic hydroxyl groups excluding tert-OH is 2. The zero-order chi connectivity index (χ0) is 13.1. The van der Waals surface area contributed by atoms with E-state index in [1.54, 1.807) is 12.1 Å². The molecule has 1 heterocycles. The highest BCUT2D eigenvalue weighted by Crippen LogP contribution is 2.26. The molecule has 2 rings (SSSR count). The molecule has 98 valence electrons. The number of aromatic nitrogens is 2. The number of nitrogens with one attached hydrogen (secondary N) is 1.